The van der Waals surface area contributed by atoms with E-state index in [-0.39, 0.29) is 0 Å². The molecule has 0 atom stereocenters. The van der Waals surface area contributed by atoms with Crippen molar-refractivity contribution in [1.29, 1.82) is 0 Å². The topological polar surface area (TPSA) is 0 Å². The molecule has 9 heavy (non-hydrogen) atoms. The van der Waals surface area contributed by atoms with E-state index in [1.54, 1.807) is 0 Å². The van der Waals surface area contributed by atoms with Gasteiger partial charge < -0.3 is 0 Å². The largest absolute Gasteiger partial charge is 0.379 e. The summed E-state index contributed by atoms with van der Waals surface area (Å²) in [5.41, 5.74) is 0. The maximum Gasteiger partial charge on any atom is 0.379 e. The second-order valence-electron chi connectivity index (χ2n) is 1.57. The van der Waals surface area contributed by atoms with Gasteiger partial charge in [0.1, 0.15) is 0 Å². The Balaban J connectivity index is 0.000000148. The van der Waals surface area contributed by atoms with Crippen molar-refractivity contribution in [3.63, 3.8) is 0 Å². The molecule has 4 heteroatoms. The number of thioether (sulfide) groups is 1. The molecule has 0 nitrogen and oxygen atoms in total. The normalized spacial score (nSPS) is 17.3. The lowest BCUT2D eigenvalue weighted by Gasteiger charge is -1.69. The van der Waals surface area contributed by atoms with Gasteiger partial charge in [0.05, 0.1) is 0 Å². The van der Waals surface area contributed by atoms with Crippen molar-refractivity contribution in [1.82, 2.24) is 0 Å². The lowest BCUT2D eigenvalue weighted by atomic mass is 10.4. The lowest BCUT2D eigenvalue weighted by Crippen LogP contribution is -1.65. The molecular weight excluding hydrogens is 149 g/mol. The highest BCUT2D eigenvalue weighted by Gasteiger charge is 1.95. The smallest absolute Gasteiger partial charge is 0.174 e. The molecule has 56 valence electrons. The first-order valence-corrected chi connectivity index (χ1v) is 3.89. The Bertz CT molecular complexity index is 43.8. The average molecular weight is 158 g/mol. The van der Waals surface area contributed by atoms with Gasteiger partial charge >= 0.3 is 6.68 Å². The Kier molecular flexibility index (Phi) is 6.36. The fourth-order valence-electron chi connectivity index (χ4n) is 0.510. The van der Waals surface area contributed by atoms with Crippen LogP contribution < -0.4 is 0 Å². The van der Waals surface area contributed by atoms with Gasteiger partial charge in [0.15, 0.2) is 0 Å². The average Bonchev–Trinajstić information content (AvgIpc) is 2.11. The van der Waals surface area contributed by atoms with Crippen molar-refractivity contribution >= 4 is 11.8 Å². The lowest BCUT2D eigenvalue weighted by molar-refractivity contribution is 0.00819. The molecule has 1 aliphatic heterocycles. The zero-order chi connectivity index (χ0) is 7.11. The molecule has 0 saturated carbocycles. The molecule has 0 N–H and O–H groups in total. The zero-order valence-corrected chi connectivity index (χ0v) is 5.76. The van der Waals surface area contributed by atoms with E-state index in [4.69, 9.17) is 0 Å². The number of halogens is 3. The van der Waals surface area contributed by atoms with Gasteiger partial charge in [0.25, 0.3) is 0 Å². The molecule has 0 aromatic heterocycles. The minimum atomic E-state index is -3.67. The summed E-state index contributed by atoms with van der Waals surface area (Å²) >= 11 is 2.07. The molecule has 1 aliphatic rings. The predicted octanol–water partition coefficient (Wildman–Crippen LogP) is 2.69. The van der Waals surface area contributed by atoms with Crippen LogP contribution in [0, 0.1) is 0 Å². The molecular formula is C5H9F3S. The van der Waals surface area contributed by atoms with E-state index in [0.717, 1.165) is 0 Å². The summed E-state index contributed by atoms with van der Waals surface area (Å²) < 4.78 is 29.0. The summed E-state index contributed by atoms with van der Waals surface area (Å²) in [7, 11) is 0. The Labute approximate surface area is 56.8 Å². The van der Waals surface area contributed by atoms with Crippen LogP contribution in [0.2, 0.25) is 0 Å². The molecule has 0 aromatic carbocycles. The molecule has 1 fully saturated rings. The van der Waals surface area contributed by atoms with E-state index in [1.165, 1.54) is 24.3 Å². The van der Waals surface area contributed by atoms with Crippen LogP contribution in [0.5, 0.6) is 0 Å². The third kappa shape index (κ3) is 11.6. The Morgan fingerprint density at radius 2 is 1.33 bits per heavy atom. The van der Waals surface area contributed by atoms with E-state index in [9.17, 15) is 13.2 Å². The SMILES string of the molecule is C1CCSC1.FC(F)F. The van der Waals surface area contributed by atoms with Gasteiger partial charge in [-0.15, -0.1) is 0 Å². The monoisotopic (exact) mass is 158 g/mol. The van der Waals surface area contributed by atoms with Gasteiger partial charge in [-0.2, -0.15) is 24.9 Å². The number of hydrogen-bond donors (Lipinski definition) is 0. The van der Waals surface area contributed by atoms with Gasteiger partial charge in [-0.05, 0) is 24.3 Å². The highest BCUT2D eigenvalue weighted by atomic mass is 32.2. The molecule has 0 bridgehead atoms. The van der Waals surface area contributed by atoms with E-state index in [1.807, 2.05) is 0 Å². The first-order chi connectivity index (χ1) is 4.23. The standard InChI is InChI=1S/C4H8S.CHF3/c1-2-4-5-3-1;2-1(3)4/h1-4H2;1H. The van der Waals surface area contributed by atoms with Gasteiger partial charge in [-0.25, -0.2) is 0 Å². The first-order valence-electron chi connectivity index (χ1n) is 2.73. The molecule has 1 rings (SSSR count). The molecule has 1 heterocycles. The van der Waals surface area contributed by atoms with Crippen molar-refractivity contribution in [2.24, 2.45) is 0 Å². The summed E-state index contributed by atoms with van der Waals surface area (Å²) in [5, 5.41) is 0. The predicted molar refractivity (Wildman–Crippen MR) is 33.7 cm³/mol. The van der Waals surface area contributed by atoms with Crippen molar-refractivity contribution in [2.45, 2.75) is 19.5 Å². The molecule has 1 saturated heterocycles. The number of alkyl halides is 3. The zero-order valence-electron chi connectivity index (χ0n) is 4.95. The van der Waals surface area contributed by atoms with Crippen molar-refractivity contribution < 1.29 is 13.2 Å². The van der Waals surface area contributed by atoms with Crippen LogP contribution in [0.4, 0.5) is 13.2 Å². The van der Waals surface area contributed by atoms with Crippen LogP contribution in [0.15, 0.2) is 0 Å². The fraction of sp³-hybridized carbons (Fsp3) is 1.00. The van der Waals surface area contributed by atoms with Gasteiger partial charge in [0.2, 0.25) is 0 Å². The van der Waals surface area contributed by atoms with Crippen LogP contribution >= 0.6 is 11.8 Å². The maximum atomic E-state index is 9.67. The van der Waals surface area contributed by atoms with Crippen molar-refractivity contribution in [3.8, 4) is 0 Å². The molecule has 0 amide bonds. The fourth-order valence-corrected chi connectivity index (χ4v) is 1.53. The van der Waals surface area contributed by atoms with E-state index in [0.29, 0.717) is 0 Å². The summed E-state index contributed by atoms with van der Waals surface area (Å²) in [6, 6.07) is 0. The second-order valence-corrected chi connectivity index (χ2v) is 2.79. The molecule has 0 unspecified atom stereocenters. The molecule has 0 radical (unpaired) electrons. The first kappa shape index (κ1) is 9.14. The third-order valence-electron chi connectivity index (χ3n) is 0.827. The van der Waals surface area contributed by atoms with Crippen LogP contribution in [0.1, 0.15) is 12.8 Å². The van der Waals surface area contributed by atoms with Crippen LogP contribution in [-0.4, -0.2) is 18.2 Å². The number of hydrogen-bond acceptors (Lipinski definition) is 1. The van der Waals surface area contributed by atoms with Gasteiger partial charge in [0, 0.05) is 0 Å². The minimum absolute atomic E-state index is 1.42. The summed E-state index contributed by atoms with van der Waals surface area (Å²) in [6.07, 6.45) is 2.93. The quantitative estimate of drug-likeness (QED) is 0.522. The van der Waals surface area contributed by atoms with Crippen LogP contribution in [0.3, 0.4) is 0 Å². The Hall–Kier alpha value is 0.140. The molecule has 0 aliphatic carbocycles. The highest BCUT2D eigenvalue weighted by molar-refractivity contribution is 7.99. The Morgan fingerprint density at radius 1 is 1.00 bits per heavy atom. The van der Waals surface area contributed by atoms with Crippen LogP contribution in [0.25, 0.3) is 0 Å². The van der Waals surface area contributed by atoms with E-state index in [2.05, 4.69) is 11.8 Å². The minimum Gasteiger partial charge on any atom is -0.174 e. The van der Waals surface area contributed by atoms with Crippen molar-refractivity contribution in [3.05, 3.63) is 0 Å². The van der Waals surface area contributed by atoms with Gasteiger partial charge in [-0.1, -0.05) is 0 Å². The number of rotatable bonds is 0. The maximum absolute atomic E-state index is 9.67. The van der Waals surface area contributed by atoms with Crippen LogP contribution in [-0.2, 0) is 0 Å². The van der Waals surface area contributed by atoms with E-state index < -0.39 is 6.68 Å². The van der Waals surface area contributed by atoms with Gasteiger partial charge in [-0.3, -0.25) is 0 Å². The Morgan fingerprint density at radius 3 is 1.44 bits per heavy atom. The summed E-state index contributed by atoms with van der Waals surface area (Å²) in [6.45, 7) is -3.67. The third-order valence-corrected chi connectivity index (χ3v) is 1.98. The molecule has 0 spiro atoms. The highest BCUT2D eigenvalue weighted by Crippen LogP contribution is 2.14. The second kappa shape index (κ2) is 6.26. The summed E-state index contributed by atoms with van der Waals surface area (Å²) in [4.78, 5) is 0. The van der Waals surface area contributed by atoms with E-state index >= 15 is 0 Å². The molecule has 0 aromatic rings. The van der Waals surface area contributed by atoms with Crippen molar-refractivity contribution in [2.75, 3.05) is 11.5 Å². The summed E-state index contributed by atoms with van der Waals surface area (Å²) in [5.74, 6) is 2.83.